The largest absolute Gasteiger partial charge is 0.356 e. The Hall–Kier alpha value is -1.75. The van der Waals surface area contributed by atoms with E-state index in [1.165, 1.54) is 30.5 Å². The van der Waals surface area contributed by atoms with Crippen molar-refractivity contribution >= 4 is 11.7 Å². The molecule has 0 bridgehead atoms. The molecule has 1 fully saturated rings. The minimum absolute atomic E-state index is 0.0295. The standard InChI is InChI=1S/C22H33N3O2/c1-16(17(2)26)25-14-11-19(12-15-25)22(27)23-13-5-7-20-10-9-18-6-3-4-8-21(18)24-20/h9-10,16,19H,3-8,11-15H2,1-2H3,(H,23,27)/t16-/m1/s1. The van der Waals surface area contributed by atoms with Gasteiger partial charge >= 0.3 is 0 Å². The van der Waals surface area contributed by atoms with Gasteiger partial charge < -0.3 is 5.32 Å². The maximum absolute atomic E-state index is 12.4. The van der Waals surface area contributed by atoms with Crippen LogP contribution in [0.1, 0.15) is 62.9 Å². The van der Waals surface area contributed by atoms with Gasteiger partial charge in [0.05, 0.1) is 6.04 Å². The molecule has 3 rings (SSSR count). The van der Waals surface area contributed by atoms with Crippen LogP contribution in [0.25, 0.3) is 0 Å². The number of aryl methyl sites for hydroxylation is 3. The number of rotatable bonds is 7. The first kappa shape index (κ1) is 20.0. The molecule has 1 aliphatic heterocycles. The first-order valence-corrected chi connectivity index (χ1v) is 10.5. The van der Waals surface area contributed by atoms with Crippen molar-refractivity contribution in [1.29, 1.82) is 0 Å². The number of likely N-dealkylation sites (tertiary alicyclic amines) is 1. The fraction of sp³-hybridized carbons (Fsp3) is 0.682. The normalized spacial score (nSPS) is 19.3. The molecule has 0 radical (unpaired) electrons. The maximum atomic E-state index is 12.4. The molecule has 5 nitrogen and oxygen atoms in total. The summed E-state index contributed by atoms with van der Waals surface area (Å²) < 4.78 is 0. The average Bonchev–Trinajstić information content (AvgIpc) is 2.70. The van der Waals surface area contributed by atoms with Gasteiger partial charge in [0.2, 0.25) is 5.91 Å². The second kappa shape index (κ2) is 9.45. The van der Waals surface area contributed by atoms with E-state index in [2.05, 4.69) is 22.3 Å². The number of hydrogen-bond acceptors (Lipinski definition) is 4. The summed E-state index contributed by atoms with van der Waals surface area (Å²) in [6.45, 7) is 5.97. The number of fused-ring (bicyclic) bond motifs is 1. The molecule has 0 aromatic carbocycles. The zero-order chi connectivity index (χ0) is 19.2. The SMILES string of the molecule is CC(=O)[C@@H](C)N1CCC(C(=O)NCCCc2ccc3c(n2)CCCC3)CC1. The number of piperidine rings is 1. The summed E-state index contributed by atoms with van der Waals surface area (Å²) in [7, 11) is 0. The smallest absolute Gasteiger partial charge is 0.223 e. The van der Waals surface area contributed by atoms with Gasteiger partial charge in [0, 0.05) is 23.9 Å². The van der Waals surface area contributed by atoms with E-state index in [4.69, 9.17) is 4.98 Å². The van der Waals surface area contributed by atoms with Crippen LogP contribution in [0, 0.1) is 5.92 Å². The van der Waals surface area contributed by atoms with Crippen LogP contribution in [-0.2, 0) is 28.9 Å². The Morgan fingerprint density at radius 2 is 1.96 bits per heavy atom. The lowest BCUT2D eigenvalue weighted by molar-refractivity contribution is -0.127. The minimum Gasteiger partial charge on any atom is -0.356 e. The van der Waals surface area contributed by atoms with Crippen molar-refractivity contribution in [3.8, 4) is 0 Å². The predicted molar refractivity (Wildman–Crippen MR) is 107 cm³/mol. The molecule has 2 heterocycles. The molecular weight excluding hydrogens is 338 g/mol. The van der Waals surface area contributed by atoms with Gasteiger partial charge in [0.25, 0.3) is 0 Å². The van der Waals surface area contributed by atoms with Crippen LogP contribution in [0.2, 0.25) is 0 Å². The number of hydrogen-bond donors (Lipinski definition) is 1. The van der Waals surface area contributed by atoms with E-state index in [0.717, 1.165) is 50.9 Å². The number of amides is 1. The molecule has 0 saturated carbocycles. The van der Waals surface area contributed by atoms with Gasteiger partial charge in [0.1, 0.15) is 5.78 Å². The molecule has 5 heteroatoms. The lowest BCUT2D eigenvalue weighted by Crippen LogP contribution is -2.46. The first-order valence-electron chi connectivity index (χ1n) is 10.5. The molecule has 27 heavy (non-hydrogen) atoms. The van der Waals surface area contributed by atoms with Crippen LogP contribution in [0.4, 0.5) is 0 Å². The van der Waals surface area contributed by atoms with Crippen molar-refractivity contribution in [3.63, 3.8) is 0 Å². The number of ketones is 1. The molecule has 1 aromatic heterocycles. The fourth-order valence-corrected chi connectivity index (χ4v) is 4.20. The van der Waals surface area contributed by atoms with Crippen molar-refractivity contribution in [2.75, 3.05) is 19.6 Å². The number of carbonyl (C=O) groups is 2. The number of nitrogens with zero attached hydrogens (tertiary/aromatic N) is 2. The van der Waals surface area contributed by atoms with E-state index in [-0.39, 0.29) is 23.7 Å². The molecule has 1 saturated heterocycles. The monoisotopic (exact) mass is 371 g/mol. The third kappa shape index (κ3) is 5.38. The second-order valence-electron chi connectivity index (χ2n) is 8.11. The van der Waals surface area contributed by atoms with Gasteiger partial charge in [-0.3, -0.25) is 19.5 Å². The highest BCUT2D eigenvalue weighted by Crippen LogP contribution is 2.21. The van der Waals surface area contributed by atoms with Crippen molar-refractivity contribution in [1.82, 2.24) is 15.2 Å². The van der Waals surface area contributed by atoms with Gasteiger partial charge in [-0.25, -0.2) is 0 Å². The van der Waals surface area contributed by atoms with Crippen molar-refractivity contribution in [3.05, 3.63) is 29.1 Å². The van der Waals surface area contributed by atoms with Crippen LogP contribution in [0.3, 0.4) is 0 Å². The number of carbonyl (C=O) groups excluding carboxylic acids is 2. The van der Waals surface area contributed by atoms with Crippen molar-refractivity contribution in [2.24, 2.45) is 5.92 Å². The Morgan fingerprint density at radius 1 is 1.22 bits per heavy atom. The van der Waals surface area contributed by atoms with E-state index in [1.54, 1.807) is 6.92 Å². The first-order chi connectivity index (χ1) is 13.0. The Kier molecular flexibility index (Phi) is 7.00. The summed E-state index contributed by atoms with van der Waals surface area (Å²) >= 11 is 0. The zero-order valence-electron chi connectivity index (χ0n) is 16.8. The van der Waals surface area contributed by atoms with Gasteiger partial charge in [-0.1, -0.05) is 6.07 Å². The topological polar surface area (TPSA) is 62.3 Å². The number of Topliss-reactive ketones (excluding diaryl/α,β-unsaturated/α-hetero) is 1. The van der Waals surface area contributed by atoms with Crippen LogP contribution in [-0.4, -0.2) is 47.3 Å². The molecule has 1 N–H and O–H groups in total. The predicted octanol–water partition coefficient (Wildman–Crippen LogP) is 2.70. The van der Waals surface area contributed by atoms with E-state index in [9.17, 15) is 9.59 Å². The van der Waals surface area contributed by atoms with Crippen LogP contribution >= 0.6 is 0 Å². The summed E-state index contributed by atoms with van der Waals surface area (Å²) in [5.74, 6) is 0.458. The van der Waals surface area contributed by atoms with E-state index >= 15 is 0 Å². The van der Waals surface area contributed by atoms with E-state index in [1.807, 2.05) is 6.92 Å². The molecule has 1 aliphatic carbocycles. The highest BCUT2D eigenvalue weighted by Gasteiger charge is 2.28. The maximum Gasteiger partial charge on any atom is 0.223 e. The molecule has 2 aliphatic rings. The highest BCUT2D eigenvalue weighted by atomic mass is 16.2. The summed E-state index contributed by atoms with van der Waals surface area (Å²) in [5, 5.41) is 3.10. The van der Waals surface area contributed by atoms with E-state index in [0.29, 0.717) is 6.54 Å². The molecular formula is C22H33N3O2. The summed E-state index contributed by atoms with van der Waals surface area (Å²) in [6, 6.07) is 4.36. The van der Waals surface area contributed by atoms with Crippen LogP contribution < -0.4 is 5.32 Å². The molecule has 148 valence electrons. The lowest BCUT2D eigenvalue weighted by atomic mass is 9.94. The summed E-state index contributed by atoms with van der Waals surface area (Å²) in [6.07, 6.45) is 8.35. The molecule has 1 aromatic rings. The van der Waals surface area contributed by atoms with Gasteiger partial charge in [-0.15, -0.1) is 0 Å². The Bertz CT molecular complexity index is 666. The number of nitrogens with one attached hydrogen (secondary N) is 1. The van der Waals surface area contributed by atoms with Crippen LogP contribution in [0.15, 0.2) is 12.1 Å². The minimum atomic E-state index is -0.0295. The third-order valence-corrected chi connectivity index (χ3v) is 6.18. The second-order valence-corrected chi connectivity index (χ2v) is 8.11. The Balaban J connectivity index is 1.36. The quantitative estimate of drug-likeness (QED) is 0.749. The average molecular weight is 372 g/mol. The van der Waals surface area contributed by atoms with E-state index < -0.39 is 0 Å². The Labute approximate surface area is 162 Å². The van der Waals surface area contributed by atoms with Gasteiger partial charge in [0.15, 0.2) is 0 Å². The third-order valence-electron chi connectivity index (χ3n) is 6.18. The number of pyridine rings is 1. The number of aromatic nitrogens is 1. The molecule has 0 unspecified atom stereocenters. The molecule has 0 spiro atoms. The molecule has 1 amide bonds. The summed E-state index contributed by atoms with van der Waals surface area (Å²) in [5.41, 5.74) is 3.86. The lowest BCUT2D eigenvalue weighted by Gasteiger charge is -2.34. The zero-order valence-corrected chi connectivity index (χ0v) is 16.8. The summed E-state index contributed by atoms with van der Waals surface area (Å²) in [4.78, 5) is 30.9. The van der Waals surface area contributed by atoms with Crippen molar-refractivity contribution in [2.45, 2.75) is 71.3 Å². The highest BCUT2D eigenvalue weighted by molar-refractivity contribution is 5.81. The molecule has 1 atom stereocenters. The van der Waals surface area contributed by atoms with Gasteiger partial charge in [-0.2, -0.15) is 0 Å². The van der Waals surface area contributed by atoms with Gasteiger partial charge in [-0.05, 0) is 89.9 Å². The van der Waals surface area contributed by atoms with Crippen LogP contribution in [0.5, 0.6) is 0 Å². The fourth-order valence-electron chi connectivity index (χ4n) is 4.20. The Morgan fingerprint density at radius 3 is 2.70 bits per heavy atom. The van der Waals surface area contributed by atoms with Crippen molar-refractivity contribution < 1.29 is 9.59 Å².